The number of piperidine rings is 1. The van der Waals surface area contributed by atoms with Crippen LogP contribution in [0.5, 0.6) is 0 Å². The van der Waals surface area contributed by atoms with Crippen LogP contribution < -0.4 is 0 Å². The Morgan fingerprint density at radius 2 is 1.43 bits per heavy atom. The van der Waals surface area contributed by atoms with Gasteiger partial charge in [0.2, 0.25) is 0 Å². The largest absolute Gasteiger partial charge is 0.456 e. The summed E-state index contributed by atoms with van der Waals surface area (Å²) in [5.41, 5.74) is 2.69. The number of hydrogen-bond acceptors (Lipinski definition) is 4. The van der Waals surface area contributed by atoms with Crippen LogP contribution in [0.2, 0.25) is 0 Å². The molecule has 0 spiro atoms. The Balaban J connectivity index is 1.43. The molecule has 0 bridgehead atoms. The fourth-order valence-electron chi connectivity index (χ4n) is 3.29. The number of carbonyl (C=O) groups excluding carboxylic acids is 3. The lowest BCUT2D eigenvalue weighted by Gasteiger charge is -2.26. The average Bonchev–Trinajstić information content (AvgIpc) is 2.77. The minimum atomic E-state index is -0.514. The molecule has 3 rings (SSSR count). The molecule has 1 aliphatic rings. The summed E-state index contributed by atoms with van der Waals surface area (Å²) in [5, 5.41) is 0. The highest BCUT2D eigenvalue weighted by Gasteiger charge is 2.18. The lowest BCUT2D eigenvalue weighted by atomic mass is 10.0. The van der Waals surface area contributed by atoms with Gasteiger partial charge in [-0.2, -0.15) is 0 Å². The van der Waals surface area contributed by atoms with Gasteiger partial charge in [0.05, 0.1) is 6.42 Å². The van der Waals surface area contributed by atoms with Crippen molar-refractivity contribution < 1.29 is 19.1 Å². The van der Waals surface area contributed by atoms with Crippen molar-refractivity contribution in [3.8, 4) is 11.1 Å². The van der Waals surface area contributed by atoms with E-state index in [1.54, 1.807) is 17.0 Å². The highest BCUT2D eigenvalue weighted by Crippen LogP contribution is 2.20. The van der Waals surface area contributed by atoms with E-state index in [4.69, 9.17) is 4.74 Å². The van der Waals surface area contributed by atoms with Crippen molar-refractivity contribution in [1.29, 1.82) is 0 Å². The number of likely N-dealkylation sites (tertiary alicyclic amines) is 1. The number of ether oxygens (including phenoxy) is 1. The van der Waals surface area contributed by atoms with E-state index in [2.05, 4.69) is 0 Å². The van der Waals surface area contributed by atoms with Gasteiger partial charge in [0.25, 0.3) is 5.91 Å². The van der Waals surface area contributed by atoms with Gasteiger partial charge in [-0.25, -0.2) is 0 Å². The molecule has 146 valence electrons. The Kier molecular flexibility index (Phi) is 6.95. The smallest absolute Gasteiger partial charge is 0.306 e. The number of benzene rings is 2. The third-order valence-corrected chi connectivity index (χ3v) is 4.94. The fraction of sp³-hybridized carbons (Fsp3) is 0.348. The van der Waals surface area contributed by atoms with Crippen molar-refractivity contribution in [3.05, 3.63) is 60.2 Å². The molecule has 5 heteroatoms. The predicted octanol–water partition coefficient (Wildman–Crippen LogP) is 3.87. The molecule has 0 aliphatic carbocycles. The van der Waals surface area contributed by atoms with E-state index in [0.29, 0.717) is 5.56 Å². The topological polar surface area (TPSA) is 63.7 Å². The van der Waals surface area contributed by atoms with Crippen molar-refractivity contribution in [2.24, 2.45) is 0 Å². The first-order chi connectivity index (χ1) is 13.6. The molecule has 1 amide bonds. The molecule has 0 radical (unpaired) electrons. The molecule has 0 N–H and O–H groups in total. The minimum Gasteiger partial charge on any atom is -0.456 e. The molecule has 2 aromatic rings. The zero-order valence-electron chi connectivity index (χ0n) is 15.9. The van der Waals surface area contributed by atoms with Gasteiger partial charge in [-0.1, -0.05) is 54.6 Å². The molecule has 1 heterocycles. The molecule has 1 saturated heterocycles. The molecule has 5 nitrogen and oxygen atoms in total. The molecule has 0 unspecified atom stereocenters. The quantitative estimate of drug-likeness (QED) is 0.541. The summed E-state index contributed by atoms with van der Waals surface area (Å²) in [7, 11) is 0. The van der Waals surface area contributed by atoms with E-state index in [1.165, 1.54) is 0 Å². The maximum atomic E-state index is 12.3. The van der Waals surface area contributed by atoms with Crippen LogP contribution in [-0.2, 0) is 14.3 Å². The van der Waals surface area contributed by atoms with Crippen LogP contribution in [0.1, 0.15) is 42.5 Å². The molecule has 0 atom stereocenters. The molecule has 0 aromatic heterocycles. The van der Waals surface area contributed by atoms with Crippen LogP contribution in [0.25, 0.3) is 11.1 Å². The number of esters is 1. The van der Waals surface area contributed by atoms with Gasteiger partial charge in [0, 0.05) is 25.1 Å². The second kappa shape index (κ2) is 9.83. The van der Waals surface area contributed by atoms with Gasteiger partial charge in [0.15, 0.2) is 12.4 Å². The van der Waals surface area contributed by atoms with E-state index in [-0.39, 0.29) is 31.1 Å². The number of nitrogens with zero attached hydrogens (tertiary/aromatic N) is 1. The van der Waals surface area contributed by atoms with Crippen LogP contribution in [0, 0.1) is 0 Å². The number of amides is 1. The van der Waals surface area contributed by atoms with Crippen molar-refractivity contribution in [3.63, 3.8) is 0 Å². The Labute approximate surface area is 165 Å². The third-order valence-electron chi connectivity index (χ3n) is 4.94. The van der Waals surface area contributed by atoms with Gasteiger partial charge >= 0.3 is 5.97 Å². The normalized spacial score (nSPS) is 13.8. The highest BCUT2D eigenvalue weighted by atomic mass is 16.5. The SMILES string of the molecule is O=C(CCC(=O)c1ccc(-c2ccccc2)cc1)OCC(=O)N1CCCCC1. The summed E-state index contributed by atoms with van der Waals surface area (Å²) in [5.74, 6) is -0.783. The Morgan fingerprint density at radius 1 is 0.786 bits per heavy atom. The first kappa shape index (κ1) is 19.8. The fourth-order valence-corrected chi connectivity index (χ4v) is 3.29. The van der Waals surface area contributed by atoms with Crippen LogP contribution in [0.15, 0.2) is 54.6 Å². The summed E-state index contributed by atoms with van der Waals surface area (Å²) in [6, 6.07) is 17.3. The summed E-state index contributed by atoms with van der Waals surface area (Å²) in [4.78, 5) is 37.9. The van der Waals surface area contributed by atoms with Gasteiger partial charge in [0.1, 0.15) is 0 Å². The van der Waals surface area contributed by atoms with Gasteiger partial charge in [-0.3, -0.25) is 14.4 Å². The van der Waals surface area contributed by atoms with Crippen LogP contribution >= 0.6 is 0 Å². The van der Waals surface area contributed by atoms with E-state index >= 15 is 0 Å². The highest BCUT2D eigenvalue weighted by molar-refractivity contribution is 5.98. The average molecular weight is 379 g/mol. The standard InChI is InChI=1S/C23H25NO4/c25-21(20-11-9-19(10-12-20)18-7-3-1-4-8-18)13-14-23(27)28-17-22(26)24-15-5-2-6-16-24/h1,3-4,7-12H,2,5-6,13-17H2. The molecule has 2 aromatic carbocycles. The zero-order chi connectivity index (χ0) is 19.8. The number of ketones is 1. The second-order valence-corrected chi connectivity index (χ2v) is 6.97. The first-order valence-electron chi connectivity index (χ1n) is 9.75. The number of Topliss-reactive ketones (excluding diaryl/α,β-unsaturated/α-hetero) is 1. The van der Waals surface area contributed by atoms with E-state index in [9.17, 15) is 14.4 Å². The van der Waals surface area contributed by atoms with Crippen molar-refractivity contribution >= 4 is 17.7 Å². The third kappa shape index (κ3) is 5.52. The second-order valence-electron chi connectivity index (χ2n) is 6.97. The van der Waals surface area contributed by atoms with Gasteiger partial charge < -0.3 is 9.64 Å². The summed E-state index contributed by atoms with van der Waals surface area (Å²) < 4.78 is 5.04. The Bertz CT molecular complexity index is 808. The summed E-state index contributed by atoms with van der Waals surface area (Å²) >= 11 is 0. The molecule has 1 aliphatic heterocycles. The maximum absolute atomic E-state index is 12.3. The first-order valence-corrected chi connectivity index (χ1v) is 9.75. The van der Waals surface area contributed by atoms with E-state index in [0.717, 1.165) is 43.5 Å². The van der Waals surface area contributed by atoms with Crippen molar-refractivity contribution in [1.82, 2.24) is 4.90 Å². The Morgan fingerprint density at radius 3 is 2.11 bits per heavy atom. The predicted molar refractivity (Wildman–Crippen MR) is 107 cm³/mol. The van der Waals surface area contributed by atoms with Gasteiger partial charge in [-0.15, -0.1) is 0 Å². The molecule has 1 fully saturated rings. The van der Waals surface area contributed by atoms with E-state index < -0.39 is 5.97 Å². The number of rotatable bonds is 7. The van der Waals surface area contributed by atoms with Crippen LogP contribution in [-0.4, -0.2) is 42.3 Å². The summed E-state index contributed by atoms with van der Waals surface area (Å²) in [6.45, 7) is 1.22. The van der Waals surface area contributed by atoms with Crippen LogP contribution in [0.3, 0.4) is 0 Å². The minimum absolute atomic E-state index is 0.0213. The molecular weight excluding hydrogens is 354 g/mol. The van der Waals surface area contributed by atoms with Gasteiger partial charge in [-0.05, 0) is 30.4 Å². The molecular formula is C23H25NO4. The Hall–Kier alpha value is -2.95. The zero-order valence-corrected chi connectivity index (χ0v) is 15.9. The van der Waals surface area contributed by atoms with Crippen molar-refractivity contribution in [2.45, 2.75) is 32.1 Å². The lowest BCUT2D eigenvalue weighted by Crippen LogP contribution is -2.38. The van der Waals surface area contributed by atoms with Crippen molar-refractivity contribution in [2.75, 3.05) is 19.7 Å². The summed E-state index contributed by atoms with van der Waals surface area (Å²) in [6.07, 6.45) is 3.18. The monoisotopic (exact) mass is 379 g/mol. The molecule has 0 saturated carbocycles. The number of carbonyl (C=O) groups is 3. The lowest BCUT2D eigenvalue weighted by molar-refractivity contribution is -0.152. The maximum Gasteiger partial charge on any atom is 0.306 e. The van der Waals surface area contributed by atoms with Crippen LogP contribution in [0.4, 0.5) is 0 Å². The molecule has 28 heavy (non-hydrogen) atoms. The number of hydrogen-bond donors (Lipinski definition) is 0. The van der Waals surface area contributed by atoms with E-state index in [1.807, 2.05) is 42.5 Å².